The number of halogens is 1. The number of hydrogen-bond acceptors (Lipinski definition) is 4. The summed E-state index contributed by atoms with van der Waals surface area (Å²) >= 11 is 2.19. The smallest absolute Gasteiger partial charge is 0.410 e. The molecule has 1 spiro atoms. The van der Waals surface area contributed by atoms with Gasteiger partial charge in [0.25, 0.3) is 0 Å². The highest BCUT2D eigenvalue weighted by molar-refractivity contribution is 14.1. The van der Waals surface area contributed by atoms with Gasteiger partial charge in [-0.05, 0) is 74.4 Å². The molecule has 8 heteroatoms. The Labute approximate surface area is 171 Å². The van der Waals surface area contributed by atoms with Crippen LogP contribution in [0.5, 0.6) is 0 Å². The number of aromatic nitrogens is 2. The van der Waals surface area contributed by atoms with E-state index in [2.05, 4.69) is 32.8 Å². The minimum atomic E-state index is -0.532. The summed E-state index contributed by atoms with van der Waals surface area (Å²) in [6.45, 7) is 7.22. The first-order valence-electron chi connectivity index (χ1n) is 9.12. The van der Waals surface area contributed by atoms with E-state index in [1.165, 1.54) is 0 Å². The molecule has 1 aromatic carbocycles. The molecule has 144 valence electrons. The number of nitrogens with one attached hydrogen (secondary N) is 1. The number of ether oxygens (including phenoxy) is 1. The SMILES string of the molecule is CC(C)(C)OC(=O)N1CCC2(CCN(c3ccc4[nH]nc(I)c4c3)C2=O)C1. The molecule has 3 heterocycles. The number of H-pyrrole nitrogens is 1. The fraction of sp³-hybridized carbons (Fsp3) is 0.526. The van der Waals surface area contributed by atoms with Gasteiger partial charge in [-0.15, -0.1) is 0 Å². The van der Waals surface area contributed by atoms with Crippen LogP contribution in [0.25, 0.3) is 10.9 Å². The number of aromatic amines is 1. The van der Waals surface area contributed by atoms with Gasteiger partial charge in [-0.2, -0.15) is 5.10 Å². The van der Waals surface area contributed by atoms with Crippen molar-refractivity contribution >= 4 is 51.2 Å². The normalized spacial score (nSPS) is 23.0. The van der Waals surface area contributed by atoms with E-state index in [-0.39, 0.29) is 12.0 Å². The van der Waals surface area contributed by atoms with Crippen molar-refractivity contribution < 1.29 is 14.3 Å². The first kappa shape index (κ1) is 18.5. The highest BCUT2D eigenvalue weighted by atomic mass is 127. The third-order valence-corrected chi connectivity index (χ3v) is 6.15. The number of hydrogen-bond donors (Lipinski definition) is 1. The number of nitrogens with zero attached hydrogens (tertiary/aromatic N) is 3. The van der Waals surface area contributed by atoms with Crippen LogP contribution in [0, 0.1) is 9.12 Å². The number of carbonyl (C=O) groups is 2. The molecule has 27 heavy (non-hydrogen) atoms. The minimum Gasteiger partial charge on any atom is -0.444 e. The molecule has 2 aromatic rings. The summed E-state index contributed by atoms with van der Waals surface area (Å²) in [5, 5.41) is 8.21. The largest absolute Gasteiger partial charge is 0.444 e. The monoisotopic (exact) mass is 482 g/mol. The zero-order valence-electron chi connectivity index (χ0n) is 15.7. The van der Waals surface area contributed by atoms with Gasteiger partial charge >= 0.3 is 6.09 Å². The van der Waals surface area contributed by atoms with Crippen LogP contribution in [0.2, 0.25) is 0 Å². The van der Waals surface area contributed by atoms with E-state index in [1.807, 2.05) is 43.9 Å². The predicted octanol–water partition coefficient (Wildman–Crippen LogP) is 3.53. The summed E-state index contributed by atoms with van der Waals surface area (Å²) < 4.78 is 6.37. The maximum atomic E-state index is 13.3. The number of benzene rings is 1. The molecular weight excluding hydrogens is 459 g/mol. The maximum Gasteiger partial charge on any atom is 0.410 e. The molecule has 0 radical (unpaired) electrons. The highest BCUT2D eigenvalue weighted by Crippen LogP contribution is 2.43. The third kappa shape index (κ3) is 3.28. The lowest BCUT2D eigenvalue weighted by Crippen LogP contribution is -2.40. The number of likely N-dealkylation sites (tertiary alicyclic amines) is 1. The summed E-state index contributed by atoms with van der Waals surface area (Å²) in [7, 11) is 0. The number of carbonyl (C=O) groups excluding carboxylic acids is 2. The van der Waals surface area contributed by atoms with Crippen molar-refractivity contribution in [3.8, 4) is 0 Å². The highest BCUT2D eigenvalue weighted by Gasteiger charge is 2.52. The van der Waals surface area contributed by atoms with E-state index in [1.54, 1.807) is 4.90 Å². The Morgan fingerprint density at radius 2 is 2.04 bits per heavy atom. The number of rotatable bonds is 1. The van der Waals surface area contributed by atoms with Crippen LogP contribution >= 0.6 is 22.6 Å². The number of anilines is 1. The van der Waals surface area contributed by atoms with Crippen molar-refractivity contribution in [2.45, 2.75) is 39.2 Å². The molecule has 2 aliphatic heterocycles. The Hall–Kier alpha value is -1.84. The van der Waals surface area contributed by atoms with Crippen LogP contribution in [-0.2, 0) is 9.53 Å². The quantitative estimate of drug-likeness (QED) is 0.631. The van der Waals surface area contributed by atoms with E-state index in [0.717, 1.165) is 26.7 Å². The molecule has 0 bridgehead atoms. The second-order valence-corrected chi connectivity index (χ2v) is 9.41. The topological polar surface area (TPSA) is 78.5 Å². The molecule has 1 unspecified atom stereocenters. The lowest BCUT2D eigenvalue weighted by atomic mass is 9.85. The van der Waals surface area contributed by atoms with Gasteiger partial charge in [-0.25, -0.2) is 4.79 Å². The van der Waals surface area contributed by atoms with Crippen LogP contribution < -0.4 is 4.90 Å². The Morgan fingerprint density at radius 1 is 1.30 bits per heavy atom. The number of amides is 2. The van der Waals surface area contributed by atoms with Gasteiger partial charge in [0, 0.05) is 30.7 Å². The van der Waals surface area contributed by atoms with Gasteiger partial charge in [-0.3, -0.25) is 9.89 Å². The first-order valence-corrected chi connectivity index (χ1v) is 10.2. The average molecular weight is 482 g/mol. The Balaban J connectivity index is 1.53. The fourth-order valence-electron chi connectivity index (χ4n) is 3.94. The lowest BCUT2D eigenvalue weighted by Gasteiger charge is -2.26. The molecule has 2 amide bonds. The van der Waals surface area contributed by atoms with E-state index < -0.39 is 11.0 Å². The van der Waals surface area contributed by atoms with Gasteiger partial charge < -0.3 is 14.5 Å². The molecule has 7 nitrogen and oxygen atoms in total. The summed E-state index contributed by atoms with van der Waals surface area (Å²) in [4.78, 5) is 29.2. The molecule has 1 aromatic heterocycles. The van der Waals surface area contributed by atoms with Crippen LogP contribution in [0.3, 0.4) is 0 Å². The van der Waals surface area contributed by atoms with Gasteiger partial charge in [-0.1, -0.05) is 0 Å². The standard InChI is InChI=1S/C19H23IN4O3/c1-18(2,3)27-17(26)23-8-6-19(11-23)7-9-24(16(19)25)12-4-5-14-13(10-12)15(20)22-21-14/h4-5,10H,6-9,11H2,1-3H3,(H,21,22). The van der Waals surface area contributed by atoms with E-state index in [4.69, 9.17) is 4.74 Å². The second-order valence-electron chi connectivity index (χ2n) is 8.38. The maximum absolute atomic E-state index is 13.3. The Kier molecular flexibility index (Phi) is 4.36. The zero-order chi connectivity index (χ0) is 19.4. The van der Waals surface area contributed by atoms with Crippen molar-refractivity contribution in [1.82, 2.24) is 15.1 Å². The first-order chi connectivity index (χ1) is 12.7. The molecule has 4 rings (SSSR count). The van der Waals surface area contributed by atoms with E-state index >= 15 is 0 Å². The predicted molar refractivity (Wildman–Crippen MR) is 111 cm³/mol. The van der Waals surface area contributed by atoms with Crippen LogP contribution in [-0.4, -0.2) is 52.3 Å². The van der Waals surface area contributed by atoms with Gasteiger partial charge in [0.2, 0.25) is 5.91 Å². The molecule has 2 fully saturated rings. The molecule has 0 saturated carbocycles. The Bertz CT molecular complexity index is 919. The summed E-state index contributed by atoms with van der Waals surface area (Å²) in [5.41, 5.74) is 0.825. The van der Waals surface area contributed by atoms with Crippen molar-refractivity contribution in [2.24, 2.45) is 5.41 Å². The molecular formula is C19H23IN4O3. The molecule has 2 aliphatic rings. The summed E-state index contributed by atoms with van der Waals surface area (Å²) in [6.07, 6.45) is 1.11. The van der Waals surface area contributed by atoms with Crippen LogP contribution in [0.15, 0.2) is 18.2 Å². The Morgan fingerprint density at radius 3 is 2.78 bits per heavy atom. The molecule has 2 saturated heterocycles. The van der Waals surface area contributed by atoms with Crippen molar-refractivity contribution in [1.29, 1.82) is 0 Å². The van der Waals surface area contributed by atoms with Gasteiger partial charge in [0.05, 0.1) is 10.9 Å². The number of fused-ring (bicyclic) bond motifs is 1. The fourth-order valence-corrected chi connectivity index (χ4v) is 4.51. The summed E-state index contributed by atoms with van der Waals surface area (Å²) in [6, 6.07) is 5.92. The third-order valence-electron chi connectivity index (χ3n) is 5.33. The van der Waals surface area contributed by atoms with Gasteiger partial charge in [0.15, 0.2) is 0 Å². The van der Waals surface area contributed by atoms with E-state index in [0.29, 0.717) is 26.1 Å². The molecule has 0 aliphatic carbocycles. The van der Waals surface area contributed by atoms with Crippen molar-refractivity contribution in [3.63, 3.8) is 0 Å². The van der Waals surface area contributed by atoms with Gasteiger partial charge in [0.1, 0.15) is 9.30 Å². The van der Waals surface area contributed by atoms with Crippen LogP contribution in [0.4, 0.5) is 10.5 Å². The van der Waals surface area contributed by atoms with Crippen molar-refractivity contribution in [2.75, 3.05) is 24.5 Å². The average Bonchev–Trinajstić information content (AvgIpc) is 3.27. The summed E-state index contributed by atoms with van der Waals surface area (Å²) in [5.74, 6) is 0.103. The lowest BCUT2D eigenvalue weighted by molar-refractivity contribution is -0.124. The van der Waals surface area contributed by atoms with Crippen LogP contribution in [0.1, 0.15) is 33.6 Å². The molecule has 1 N–H and O–H groups in total. The zero-order valence-corrected chi connectivity index (χ0v) is 17.9. The molecule has 1 atom stereocenters. The second kappa shape index (κ2) is 6.35. The van der Waals surface area contributed by atoms with Crippen molar-refractivity contribution in [3.05, 3.63) is 21.9 Å². The minimum absolute atomic E-state index is 0.103. The van der Waals surface area contributed by atoms with E-state index in [9.17, 15) is 9.59 Å².